The molecule has 0 aliphatic carbocycles. The summed E-state index contributed by atoms with van der Waals surface area (Å²) < 4.78 is 2.07. The van der Waals surface area contributed by atoms with Gasteiger partial charge in [0.1, 0.15) is 5.56 Å². The number of aromatic nitrogens is 1. The zero-order valence-corrected chi connectivity index (χ0v) is 16.2. The molecule has 4 rings (SSSR count). The average Bonchev–Trinajstić information content (AvgIpc) is 2.95. The number of nitrogens with one attached hydrogen (secondary N) is 1. The molecule has 4 nitrogen and oxygen atoms in total. The van der Waals surface area contributed by atoms with Gasteiger partial charge in [-0.05, 0) is 48.9 Å². The third kappa shape index (κ3) is 2.76. The van der Waals surface area contributed by atoms with Gasteiger partial charge in [0.15, 0.2) is 0 Å². The highest BCUT2D eigenvalue weighted by molar-refractivity contribution is 6.06. The first-order chi connectivity index (χ1) is 12.9. The summed E-state index contributed by atoms with van der Waals surface area (Å²) in [4.78, 5) is 26.1. The van der Waals surface area contributed by atoms with E-state index < -0.39 is 0 Å². The Morgan fingerprint density at radius 1 is 1.19 bits per heavy atom. The minimum Gasteiger partial charge on any atom is -0.343 e. The van der Waals surface area contributed by atoms with E-state index in [9.17, 15) is 9.59 Å². The van der Waals surface area contributed by atoms with E-state index in [2.05, 4.69) is 36.7 Å². The van der Waals surface area contributed by atoms with Crippen LogP contribution in [0.2, 0.25) is 0 Å². The van der Waals surface area contributed by atoms with Crippen molar-refractivity contribution >= 4 is 22.5 Å². The average molecular weight is 360 g/mol. The van der Waals surface area contributed by atoms with Crippen molar-refractivity contribution in [2.45, 2.75) is 46.1 Å². The van der Waals surface area contributed by atoms with Crippen molar-refractivity contribution in [3.8, 4) is 0 Å². The van der Waals surface area contributed by atoms with Crippen molar-refractivity contribution in [2.24, 2.45) is 0 Å². The molecule has 0 bridgehead atoms. The third-order valence-electron chi connectivity index (χ3n) is 5.54. The van der Waals surface area contributed by atoms with Gasteiger partial charge in [-0.2, -0.15) is 0 Å². The number of amides is 1. The van der Waals surface area contributed by atoms with Crippen LogP contribution in [0.5, 0.6) is 0 Å². The summed E-state index contributed by atoms with van der Waals surface area (Å²) >= 11 is 0. The first-order valence-corrected chi connectivity index (χ1v) is 9.46. The Morgan fingerprint density at radius 3 is 2.67 bits per heavy atom. The topological polar surface area (TPSA) is 51.1 Å². The van der Waals surface area contributed by atoms with Crippen LogP contribution < -0.4 is 10.7 Å². The number of anilines is 1. The Balaban J connectivity index is 1.83. The lowest BCUT2D eigenvalue weighted by Crippen LogP contribution is -2.24. The van der Waals surface area contributed by atoms with Crippen LogP contribution in [-0.4, -0.2) is 10.5 Å². The van der Waals surface area contributed by atoms with Gasteiger partial charge in [0.2, 0.25) is 5.43 Å². The number of hydrogen-bond donors (Lipinski definition) is 1. The van der Waals surface area contributed by atoms with E-state index >= 15 is 0 Å². The first-order valence-electron chi connectivity index (χ1n) is 9.46. The molecule has 2 aromatic carbocycles. The van der Waals surface area contributed by atoms with E-state index in [1.165, 1.54) is 5.56 Å². The minimum absolute atomic E-state index is 0.200. The second-order valence-electron chi connectivity index (χ2n) is 7.79. The second-order valence-corrected chi connectivity index (χ2v) is 7.79. The van der Waals surface area contributed by atoms with Crippen LogP contribution in [0.4, 0.5) is 5.69 Å². The van der Waals surface area contributed by atoms with Crippen LogP contribution in [0.1, 0.15) is 59.8 Å². The molecule has 27 heavy (non-hydrogen) atoms. The number of carbonyl (C=O) groups is 1. The number of benzene rings is 2. The van der Waals surface area contributed by atoms with E-state index in [4.69, 9.17) is 0 Å². The first kappa shape index (κ1) is 17.5. The number of rotatable bonds is 3. The fourth-order valence-corrected chi connectivity index (χ4v) is 4.10. The predicted molar refractivity (Wildman–Crippen MR) is 110 cm³/mol. The third-order valence-corrected chi connectivity index (χ3v) is 5.54. The molecule has 2 heterocycles. The van der Waals surface area contributed by atoms with Crippen molar-refractivity contribution in [2.75, 3.05) is 5.32 Å². The quantitative estimate of drug-likeness (QED) is 0.729. The summed E-state index contributed by atoms with van der Waals surface area (Å²) in [6.07, 6.45) is 2.62. The molecule has 4 heteroatoms. The van der Waals surface area contributed by atoms with Crippen molar-refractivity contribution in [1.29, 1.82) is 0 Å². The summed E-state index contributed by atoms with van der Waals surface area (Å²) in [5, 5.41) is 3.64. The number of pyridine rings is 1. The zero-order valence-electron chi connectivity index (χ0n) is 16.2. The van der Waals surface area contributed by atoms with Gasteiger partial charge in [0, 0.05) is 23.3 Å². The largest absolute Gasteiger partial charge is 0.343 e. The van der Waals surface area contributed by atoms with Crippen molar-refractivity contribution in [3.05, 3.63) is 75.1 Å². The van der Waals surface area contributed by atoms with E-state index in [1.54, 1.807) is 6.20 Å². The number of hydrogen-bond acceptors (Lipinski definition) is 2. The molecule has 1 atom stereocenters. The Bertz CT molecular complexity index is 1130. The molecule has 0 radical (unpaired) electrons. The number of nitrogens with zero attached hydrogens (tertiary/aromatic N) is 1. The number of para-hydroxylation sites is 2. The molecule has 3 aromatic rings. The smallest absolute Gasteiger partial charge is 0.261 e. The van der Waals surface area contributed by atoms with Gasteiger partial charge in [-0.3, -0.25) is 9.59 Å². The minimum atomic E-state index is -0.341. The molecular formula is C23H24N2O2. The van der Waals surface area contributed by atoms with Gasteiger partial charge in [0.05, 0.1) is 5.52 Å². The van der Waals surface area contributed by atoms with Crippen LogP contribution in [0.25, 0.3) is 10.9 Å². The van der Waals surface area contributed by atoms with Gasteiger partial charge in [-0.15, -0.1) is 0 Å². The van der Waals surface area contributed by atoms with Crippen LogP contribution in [0.3, 0.4) is 0 Å². The maximum absolute atomic E-state index is 13.1. The fourth-order valence-electron chi connectivity index (χ4n) is 4.10. The lowest BCUT2D eigenvalue weighted by molar-refractivity contribution is 0.102. The molecule has 1 aromatic heterocycles. The lowest BCUT2D eigenvalue weighted by atomic mass is 9.98. The molecule has 1 N–H and O–H groups in total. The fraction of sp³-hybridized carbons (Fsp3) is 0.304. The summed E-state index contributed by atoms with van der Waals surface area (Å²) in [7, 11) is 0. The summed E-state index contributed by atoms with van der Waals surface area (Å²) in [6.45, 7) is 8.28. The molecular weight excluding hydrogens is 336 g/mol. The normalized spacial score (nSPS) is 15.5. The monoisotopic (exact) mass is 360 g/mol. The predicted octanol–water partition coefficient (Wildman–Crippen LogP) is 4.80. The van der Waals surface area contributed by atoms with E-state index in [0.29, 0.717) is 5.39 Å². The van der Waals surface area contributed by atoms with Gasteiger partial charge < -0.3 is 9.88 Å². The molecule has 0 spiro atoms. The van der Waals surface area contributed by atoms with Gasteiger partial charge in [-0.1, -0.05) is 44.2 Å². The van der Waals surface area contributed by atoms with Crippen LogP contribution in [0, 0.1) is 6.92 Å². The van der Waals surface area contributed by atoms with Gasteiger partial charge in [0.25, 0.3) is 5.91 Å². The van der Waals surface area contributed by atoms with Gasteiger partial charge in [-0.25, -0.2) is 0 Å². The maximum atomic E-state index is 13.1. The molecule has 1 unspecified atom stereocenters. The highest BCUT2D eigenvalue weighted by atomic mass is 16.2. The number of carbonyl (C=O) groups excluding carboxylic acids is 1. The Hall–Kier alpha value is -2.88. The summed E-state index contributed by atoms with van der Waals surface area (Å²) in [5.74, 6) is -0.0653. The second kappa shape index (κ2) is 6.38. The molecule has 1 amide bonds. The van der Waals surface area contributed by atoms with E-state index in [-0.39, 0.29) is 28.9 Å². The summed E-state index contributed by atoms with van der Waals surface area (Å²) in [5.41, 5.74) is 5.01. The number of aryl methyl sites for hydroxylation is 1. The molecule has 1 aliphatic rings. The van der Waals surface area contributed by atoms with Crippen molar-refractivity contribution in [1.82, 2.24) is 4.57 Å². The van der Waals surface area contributed by atoms with Crippen LogP contribution >= 0.6 is 0 Å². The molecule has 1 aliphatic heterocycles. The zero-order chi connectivity index (χ0) is 19.3. The molecule has 138 valence electrons. The van der Waals surface area contributed by atoms with Gasteiger partial charge >= 0.3 is 0 Å². The SMILES string of the molecule is Cc1cccc(C(C)C)c1NC(=O)c1cn2c3c(cccc3c1=O)CC2C. The maximum Gasteiger partial charge on any atom is 0.261 e. The van der Waals surface area contributed by atoms with Crippen molar-refractivity contribution in [3.63, 3.8) is 0 Å². The summed E-state index contributed by atoms with van der Waals surface area (Å²) in [6, 6.07) is 12.0. The van der Waals surface area contributed by atoms with Crippen LogP contribution in [-0.2, 0) is 6.42 Å². The molecule has 0 fully saturated rings. The lowest BCUT2D eigenvalue weighted by Gasteiger charge is -2.17. The van der Waals surface area contributed by atoms with Crippen LogP contribution in [0.15, 0.2) is 47.4 Å². The Morgan fingerprint density at radius 2 is 1.93 bits per heavy atom. The molecule has 0 saturated carbocycles. The standard InChI is InChI=1S/C23H24N2O2/c1-13(2)17-9-5-7-14(3)20(17)24-23(27)19-12-25-15(4)11-16-8-6-10-18(21(16)25)22(19)26/h5-10,12-13,15H,11H2,1-4H3,(H,24,27). The highest BCUT2D eigenvalue weighted by Crippen LogP contribution is 2.31. The van der Waals surface area contributed by atoms with E-state index in [1.807, 2.05) is 37.3 Å². The molecule has 0 saturated heterocycles. The Kier molecular flexibility index (Phi) is 4.14. The van der Waals surface area contributed by atoms with E-state index in [0.717, 1.165) is 28.8 Å². The van der Waals surface area contributed by atoms with Crippen molar-refractivity contribution < 1.29 is 4.79 Å². The highest BCUT2D eigenvalue weighted by Gasteiger charge is 2.25. The Labute approximate surface area is 158 Å².